The molecule has 0 bridgehead atoms. The van der Waals surface area contributed by atoms with Crippen LogP contribution in [0.2, 0.25) is 5.02 Å². The lowest BCUT2D eigenvalue weighted by Crippen LogP contribution is -2.31. The van der Waals surface area contributed by atoms with Crippen LogP contribution < -0.4 is 0 Å². The zero-order valence-corrected chi connectivity index (χ0v) is 10.4. The summed E-state index contributed by atoms with van der Waals surface area (Å²) in [6.45, 7) is 4.74. The molecular weight excluding hydrogens is 244 g/mol. The molecule has 92 valence electrons. The largest absolute Gasteiger partial charge is 0.477 e. The first kappa shape index (κ1) is 13.4. The van der Waals surface area contributed by atoms with Crippen molar-refractivity contribution in [3.05, 3.63) is 28.5 Å². The van der Waals surface area contributed by atoms with Crippen molar-refractivity contribution < 1.29 is 14.7 Å². The van der Waals surface area contributed by atoms with E-state index in [1.54, 1.807) is 4.90 Å². The summed E-state index contributed by atoms with van der Waals surface area (Å²) in [5.74, 6) is -1.53. The molecule has 1 heterocycles. The second kappa shape index (κ2) is 5.63. The highest BCUT2D eigenvalue weighted by molar-refractivity contribution is 6.31. The maximum atomic E-state index is 11.9. The van der Waals surface area contributed by atoms with Crippen LogP contribution in [0, 0.1) is 0 Å². The number of halogens is 1. The van der Waals surface area contributed by atoms with E-state index < -0.39 is 5.97 Å². The molecule has 1 amide bonds. The number of carboxylic acid groups (broad SMARTS) is 1. The van der Waals surface area contributed by atoms with Crippen molar-refractivity contribution in [3.63, 3.8) is 0 Å². The fourth-order valence-corrected chi connectivity index (χ4v) is 1.60. The second-order valence-corrected chi connectivity index (χ2v) is 3.77. The summed E-state index contributed by atoms with van der Waals surface area (Å²) in [5.41, 5.74) is -0.174. The summed E-state index contributed by atoms with van der Waals surface area (Å²) in [5, 5.41) is 9.01. The lowest BCUT2D eigenvalue weighted by Gasteiger charge is -2.18. The van der Waals surface area contributed by atoms with Gasteiger partial charge in [-0.05, 0) is 26.0 Å². The summed E-state index contributed by atoms with van der Waals surface area (Å²) in [7, 11) is 0. The number of aromatic carboxylic acids is 1. The number of carboxylic acids is 1. The van der Waals surface area contributed by atoms with Gasteiger partial charge in [-0.2, -0.15) is 0 Å². The average Bonchev–Trinajstić information content (AvgIpc) is 2.29. The van der Waals surface area contributed by atoms with Gasteiger partial charge < -0.3 is 10.0 Å². The van der Waals surface area contributed by atoms with Crippen LogP contribution in [0.15, 0.2) is 12.1 Å². The van der Waals surface area contributed by atoms with Crippen LogP contribution in [-0.4, -0.2) is 40.0 Å². The van der Waals surface area contributed by atoms with Crippen molar-refractivity contribution in [2.45, 2.75) is 13.8 Å². The Labute approximate surface area is 104 Å². The topological polar surface area (TPSA) is 70.5 Å². The van der Waals surface area contributed by atoms with Crippen molar-refractivity contribution in [2.24, 2.45) is 0 Å². The molecular formula is C11H13ClN2O3. The first-order chi connectivity index (χ1) is 7.99. The van der Waals surface area contributed by atoms with Crippen molar-refractivity contribution in [3.8, 4) is 0 Å². The van der Waals surface area contributed by atoms with Crippen LogP contribution in [0.3, 0.4) is 0 Å². The highest BCUT2D eigenvalue weighted by atomic mass is 35.5. The van der Waals surface area contributed by atoms with Crippen molar-refractivity contribution in [1.82, 2.24) is 9.88 Å². The van der Waals surface area contributed by atoms with Crippen molar-refractivity contribution in [1.29, 1.82) is 0 Å². The summed E-state index contributed by atoms with van der Waals surface area (Å²) >= 11 is 5.76. The highest BCUT2D eigenvalue weighted by Crippen LogP contribution is 2.13. The van der Waals surface area contributed by atoms with Crippen LogP contribution in [0.5, 0.6) is 0 Å². The summed E-state index contributed by atoms with van der Waals surface area (Å²) in [4.78, 5) is 28.1. The molecule has 0 spiro atoms. The molecule has 0 saturated carbocycles. The summed E-state index contributed by atoms with van der Waals surface area (Å²) in [6.07, 6.45) is 0. The molecule has 1 aromatic rings. The van der Waals surface area contributed by atoms with Gasteiger partial charge in [0.2, 0.25) is 0 Å². The maximum absolute atomic E-state index is 11.9. The Morgan fingerprint density at radius 2 is 1.82 bits per heavy atom. The fraction of sp³-hybridized carbons (Fsp3) is 0.364. The Balaban J connectivity index is 3.13. The summed E-state index contributed by atoms with van der Waals surface area (Å²) < 4.78 is 0. The first-order valence-electron chi connectivity index (χ1n) is 5.19. The number of hydrogen-bond acceptors (Lipinski definition) is 3. The van der Waals surface area contributed by atoms with Gasteiger partial charge in [0.15, 0.2) is 5.69 Å². The standard InChI is InChI=1S/C11H13ClN2O3/c1-3-14(4-2)10(15)8-5-7(12)6-9(13-8)11(16)17/h5-6H,3-4H2,1-2H3,(H,16,17). The van der Waals surface area contributed by atoms with E-state index in [0.717, 1.165) is 0 Å². The molecule has 0 aromatic carbocycles. The van der Waals surface area contributed by atoms with Crippen LogP contribution >= 0.6 is 11.6 Å². The van der Waals surface area contributed by atoms with Gasteiger partial charge in [0.25, 0.3) is 5.91 Å². The van der Waals surface area contributed by atoms with Crippen molar-refractivity contribution in [2.75, 3.05) is 13.1 Å². The van der Waals surface area contributed by atoms with Crippen LogP contribution in [0.25, 0.3) is 0 Å². The Hall–Kier alpha value is -1.62. The number of nitrogens with zero attached hydrogens (tertiary/aromatic N) is 2. The predicted octanol–water partition coefficient (Wildman–Crippen LogP) is 1.92. The van der Waals surface area contributed by atoms with Gasteiger partial charge in [-0.25, -0.2) is 9.78 Å². The molecule has 6 heteroatoms. The number of aromatic nitrogens is 1. The molecule has 0 unspecified atom stereocenters. The Morgan fingerprint density at radius 1 is 1.29 bits per heavy atom. The first-order valence-corrected chi connectivity index (χ1v) is 5.57. The Kier molecular flexibility index (Phi) is 4.45. The smallest absolute Gasteiger partial charge is 0.354 e. The fourth-order valence-electron chi connectivity index (χ4n) is 1.39. The third-order valence-corrected chi connectivity index (χ3v) is 2.50. The lowest BCUT2D eigenvalue weighted by atomic mass is 10.2. The van der Waals surface area contributed by atoms with Gasteiger partial charge in [-0.3, -0.25) is 4.79 Å². The number of rotatable bonds is 4. The normalized spacial score (nSPS) is 10.1. The third kappa shape index (κ3) is 3.17. The van der Waals surface area contributed by atoms with Gasteiger partial charge in [-0.1, -0.05) is 11.6 Å². The molecule has 5 nitrogen and oxygen atoms in total. The second-order valence-electron chi connectivity index (χ2n) is 3.34. The molecule has 0 aliphatic heterocycles. The zero-order valence-electron chi connectivity index (χ0n) is 9.61. The van der Waals surface area contributed by atoms with Gasteiger partial charge in [0, 0.05) is 18.1 Å². The number of hydrogen-bond donors (Lipinski definition) is 1. The molecule has 0 aliphatic carbocycles. The van der Waals surface area contributed by atoms with E-state index in [4.69, 9.17) is 16.7 Å². The number of carbonyl (C=O) groups is 2. The zero-order chi connectivity index (χ0) is 13.0. The summed E-state index contributed by atoms with van der Waals surface area (Å²) in [6, 6.07) is 2.58. The molecule has 0 saturated heterocycles. The van der Waals surface area contributed by atoms with E-state index >= 15 is 0 Å². The van der Waals surface area contributed by atoms with E-state index in [2.05, 4.69) is 4.98 Å². The molecule has 1 rings (SSSR count). The Bertz CT molecular complexity index is 444. The molecule has 1 N–H and O–H groups in total. The van der Waals surface area contributed by atoms with Crippen LogP contribution in [0.4, 0.5) is 0 Å². The van der Waals surface area contributed by atoms with E-state index in [-0.39, 0.29) is 22.3 Å². The van der Waals surface area contributed by atoms with E-state index in [1.165, 1.54) is 12.1 Å². The molecule has 17 heavy (non-hydrogen) atoms. The van der Waals surface area contributed by atoms with E-state index in [0.29, 0.717) is 13.1 Å². The van der Waals surface area contributed by atoms with E-state index in [9.17, 15) is 9.59 Å². The Morgan fingerprint density at radius 3 is 2.29 bits per heavy atom. The maximum Gasteiger partial charge on any atom is 0.354 e. The minimum absolute atomic E-state index is 0.0543. The molecule has 0 fully saturated rings. The molecule has 1 aromatic heterocycles. The minimum atomic E-state index is -1.21. The van der Waals surface area contributed by atoms with Gasteiger partial charge >= 0.3 is 5.97 Å². The van der Waals surface area contributed by atoms with Crippen LogP contribution in [0.1, 0.15) is 34.8 Å². The SMILES string of the molecule is CCN(CC)C(=O)c1cc(Cl)cc(C(=O)O)n1. The lowest BCUT2D eigenvalue weighted by molar-refractivity contribution is 0.0690. The third-order valence-electron chi connectivity index (χ3n) is 2.28. The quantitative estimate of drug-likeness (QED) is 0.893. The predicted molar refractivity (Wildman–Crippen MR) is 63.5 cm³/mol. The van der Waals surface area contributed by atoms with Crippen LogP contribution in [-0.2, 0) is 0 Å². The van der Waals surface area contributed by atoms with Gasteiger partial charge in [-0.15, -0.1) is 0 Å². The number of pyridine rings is 1. The molecule has 0 aliphatic rings. The number of amides is 1. The molecule has 0 radical (unpaired) electrons. The van der Waals surface area contributed by atoms with Gasteiger partial charge in [0.05, 0.1) is 0 Å². The van der Waals surface area contributed by atoms with E-state index in [1.807, 2.05) is 13.8 Å². The number of carbonyl (C=O) groups excluding carboxylic acids is 1. The monoisotopic (exact) mass is 256 g/mol. The van der Waals surface area contributed by atoms with Gasteiger partial charge in [0.1, 0.15) is 5.69 Å². The average molecular weight is 257 g/mol. The van der Waals surface area contributed by atoms with Crippen molar-refractivity contribution >= 4 is 23.5 Å². The minimum Gasteiger partial charge on any atom is -0.477 e. The molecule has 0 atom stereocenters. The highest BCUT2D eigenvalue weighted by Gasteiger charge is 2.17.